The molecule has 1 saturated carbocycles. The van der Waals surface area contributed by atoms with Gasteiger partial charge in [-0.25, -0.2) is 0 Å². The number of piperidine rings is 1. The van der Waals surface area contributed by atoms with Crippen molar-refractivity contribution < 1.29 is 14.3 Å². The Kier molecular flexibility index (Phi) is 5.02. The Balaban J connectivity index is 1.68. The number of likely N-dealkylation sites (tertiary alicyclic amines) is 1. The zero-order valence-electron chi connectivity index (χ0n) is 15.6. The molecule has 2 fully saturated rings. The number of amides is 2. The summed E-state index contributed by atoms with van der Waals surface area (Å²) >= 11 is 0. The average Bonchev–Trinajstić information content (AvgIpc) is 2.96. The van der Waals surface area contributed by atoms with Gasteiger partial charge in [0.1, 0.15) is 5.75 Å². The first-order chi connectivity index (χ1) is 11.8. The number of benzene rings is 1. The van der Waals surface area contributed by atoms with E-state index in [1.807, 2.05) is 62.0 Å². The van der Waals surface area contributed by atoms with E-state index in [-0.39, 0.29) is 24.0 Å². The normalized spacial score (nSPS) is 25.9. The quantitative estimate of drug-likeness (QED) is 0.844. The fraction of sp³-hybridized carbons (Fsp3) is 0.600. The van der Waals surface area contributed by atoms with Gasteiger partial charge in [-0.1, -0.05) is 6.07 Å². The Labute approximate surface area is 149 Å². The second-order valence-electron chi connectivity index (χ2n) is 7.73. The molecule has 1 aromatic carbocycles. The molecule has 1 heterocycles. The van der Waals surface area contributed by atoms with Crippen molar-refractivity contribution >= 4 is 11.8 Å². The van der Waals surface area contributed by atoms with Crippen molar-refractivity contribution in [3.05, 3.63) is 29.8 Å². The van der Waals surface area contributed by atoms with Gasteiger partial charge in [0.25, 0.3) is 5.91 Å². The van der Waals surface area contributed by atoms with Crippen LogP contribution in [0.15, 0.2) is 24.3 Å². The summed E-state index contributed by atoms with van der Waals surface area (Å²) in [5.74, 6) is 1.91. The molecule has 1 aliphatic carbocycles. The highest BCUT2D eigenvalue weighted by atomic mass is 16.5. The van der Waals surface area contributed by atoms with Crippen molar-refractivity contribution in [1.29, 1.82) is 0 Å². The molecule has 0 N–H and O–H groups in total. The molecule has 3 atom stereocenters. The number of nitrogens with zero attached hydrogens (tertiary/aromatic N) is 2. The number of hydrogen-bond donors (Lipinski definition) is 0. The van der Waals surface area contributed by atoms with Crippen LogP contribution in [0.2, 0.25) is 0 Å². The van der Waals surface area contributed by atoms with Crippen LogP contribution in [0.4, 0.5) is 0 Å². The lowest BCUT2D eigenvalue weighted by Gasteiger charge is -2.31. The van der Waals surface area contributed by atoms with Crippen LogP contribution in [0.3, 0.4) is 0 Å². The molecule has 2 aliphatic rings. The number of ether oxygens (including phenoxy) is 1. The largest absolute Gasteiger partial charge is 0.491 e. The molecule has 0 radical (unpaired) electrons. The third-order valence-electron chi connectivity index (χ3n) is 5.51. The van der Waals surface area contributed by atoms with E-state index in [0.29, 0.717) is 23.8 Å². The second-order valence-corrected chi connectivity index (χ2v) is 7.73. The van der Waals surface area contributed by atoms with Crippen LogP contribution in [0.1, 0.15) is 43.5 Å². The predicted octanol–water partition coefficient (Wildman–Crippen LogP) is 2.80. The van der Waals surface area contributed by atoms with Crippen molar-refractivity contribution in [2.45, 2.75) is 45.3 Å². The van der Waals surface area contributed by atoms with E-state index < -0.39 is 0 Å². The predicted molar refractivity (Wildman–Crippen MR) is 96.6 cm³/mol. The zero-order chi connectivity index (χ0) is 18.1. The number of hydrogen-bond acceptors (Lipinski definition) is 3. The first-order valence-corrected chi connectivity index (χ1v) is 9.13. The average molecular weight is 344 g/mol. The second kappa shape index (κ2) is 7.06. The molecule has 5 heteroatoms. The van der Waals surface area contributed by atoms with Gasteiger partial charge in [-0.3, -0.25) is 9.59 Å². The highest BCUT2D eigenvalue weighted by Gasteiger charge is 2.42. The maximum absolute atomic E-state index is 12.9. The van der Waals surface area contributed by atoms with Crippen molar-refractivity contribution in [3.63, 3.8) is 0 Å². The molecule has 5 nitrogen and oxygen atoms in total. The Morgan fingerprint density at radius 2 is 2.00 bits per heavy atom. The number of carbonyl (C=O) groups excluding carboxylic acids is 2. The molecular formula is C20H28N2O3. The molecule has 1 aliphatic heterocycles. The summed E-state index contributed by atoms with van der Waals surface area (Å²) in [6.07, 6.45) is 2.61. The lowest BCUT2D eigenvalue weighted by molar-refractivity contribution is -0.134. The smallest absolute Gasteiger partial charge is 0.253 e. The minimum absolute atomic E-state index is 0.0255. The number of carbonyl (C=O) groups is 2. The third-order valence-corrected chi connectivity index (χ3v) is 5.51. The third kappa shape index (κ3) is 3.80. The van der Waals surface area contributed by atoms with E-state index in [1.54, 1.807) is 0 Å². The number of fused-ring (bicyclic) bond motifs is 1. The summed E-state index contributed by atoms with van der Waals surface area (Å²) in [7, 11) is 3.76. The molecule has 136 valence electrons. The standard InChI is InChI=1S/C20H28N2O3/c1-13(2)25-18-7-5-6-14(10-18)20(24)22(4)17-8-15-11-19(23)21(3)12-16(15)9-17/h5-7,10,13,15-17H,8-9,11-12H2,1-4H3/t15-,16+,17-/m1/s1. The van der Waals surface area contributed by atoms with Gasteiger partial charge >= 0.3 is 0 Å². The van der Waals surface area contributed by atoms with E-state index in [4.69, 9.17) is 4.74 Å². The van der Waals surface area contributed by atoms with Crippen molar-refractivity contribution in [3.8, 4) is 5.75 Å². The summed E-state index contributed by atoms with van der Waals surface area (Å²) in [4.78, 5) is 28.5. The maximum Gasteiger partial charge on any atom is 0.253 e. The van der Waals surface area contributed by atoms with Gasteiger partial charge in [0.2, 0.25) is 5.91 Å². The molecule has 3 rings (SSSR count). The summed E-state index contributed by atoms with van der Waals surface area (Å²) in [5, 5.41) is 0. The van der Waals surface area contributed by atoms with E-state index >= 15 is 0 Å². The van der Waals surface area contributed by atoms with Gasteiger partial charge in [0, 0.05) is 38.7 Å². The van der Waals surface area contributed by atoms with Crippen LogP contribution in [0.5, 0.6) is 5.75 Å². The van der Waals surface area contributed by atoms with Gasteiger partial charge in [-0.15, -0.1) is 0 Å². The van der Waals surface area contributed by atoms with E-state index in [2.05, 4.69) is 0 Å². The fourth-order valence-corrected chi connectivity index (χ4v) is 4.15. The van der Waals surface area contributed by atoms with Crippen molar-refractivity contribution in [2.24, 2.45) is 11.8 Å². The Morgan fingerprint density at radius 3 is 2.72 bits per heavy atom. The number of rotatable bonds is 4. The highest BCUT2D eigenvalue weighted by molar-refractivity contribution is 5.94. The minimum Gasteiger partial charge on any atom is -0.491 e. The molecule has 0 spiro atoms. The van der Waals surface area contributed by atoms with Crippen LogP contribution in [0, 0.1) is 11.8 Å². The van der Waals surface area contributed by atoms with Gasteiger partial charge < -0.3 is 14.5 Å². The summed E-state index contributed by atoms with van der Waals surface area (Å²) in [6, 6.07) is 7.60. The van der Waals surface area contributed by atoms with Crippen LogP contribution in [0.25, 0.3) is 0 Å². The molecule has 25 heavy (non-hydrogen) atoms. The summed E-state index contributed by atoms with van der Waals surface area (Å²) < 4.78 is 5.70. The van der Waals surface area contributed by atoms with Crippen LogP contribution < -0.4 is 4.74 Å². The van der Waals surface area contributed by atoms with E-state index in [0.717, 1.165) is 25.1 Å². The fourth-order valence-electron chi connectivity index (χ4n) is 4.15. The first-order valence-electron chi connectivity index (χ1n) is 9.13. The molecular weight excluding hydrogens is 316 g/mol. The lowest BCUT2D eigenvalue weighted by atomic mass is 9.88. The van der Waals surface area contributed by atoms with Gasteiger partial charge in [0.15, 0.2) is 0 Å². The molecule has 2 amide bonds. The van der Waals surface area contributed by atoms with E-state index in [1.165, 1.54) is 0 Å². The van der Waals surface area contributed by atoms with Gasteiger partial charge in [-0.05, 0) is 56.7 Å². The van der Waals surface area contributed by atoms with Gasteiger partial charge in [-0.2, -0.15) is 0 Å². The first kappa shape index (κ1) is 17.8. The monoisotopic (exact) mass is 344 g/mol. The van der Waals surface area contributed by atoms with Gasteiger partial charge in [0.05, 0.1) is 6.10 Å². The lowest BCUT2D eigenvalue weighted by Crippen LogP contribution is -2.39. The Morgan fingerprint density at radius 1 is 1.28 bits per heavy atom. The zero-order valence-corrected chi connectivity index (χ0v) is 15.6. The summed E-state index contributed by atoms with van der Waals surface area (Å²) in [6.45, 7) is 4.76. The SMILES string of the molecule is CC(C)Oc1cccc(C(=O)N(C)[C@@H]2C[C@@H]3CC(=O)N(C)C[C@@H]3C2)c1. The van der Waals surface area contributed by atoms with Crippen molar-refractivity contribution in [2.75, 3.05) is 20.6 Å². The topological polar surface area (TPSA) is 49.9 Å². The minimum atomic E-state index is 0.0255. The maximum atomic E-state index is 12.9. The molecule has 0 aromatic heterocycles. The highest BCUT2D eigenvalue weighted by Crippen LogP contribution is 2.40. The molecule has 0 unspecified atom stereocenters. The van der Waals surface area contributed by atoms with E-state index in [9.17, 15) is 9.59 Å². The van der Waals surface area contributed by atoms with Crippen molar-refractivity contribution in [1.82, 2.24) is 9.80 Å². The molecule has 0 bridgehead atoms. The molecule has 1 aromatic rings. The summed E-state index contributed by atoms with van der Waals surface area (Å²) in [5.41, 5.74) is 0.656. The van der Waals surface area contributed by atoms with Crippen LogP contribution in [-0.4, -0.2) is 54.4 Å². The van der Waals surface area contributed by atoms with Crippen LogP contribution in [-0.2, 0) is 4.79 Å². The Bertz CT molecular complexity index is 658. The van der Waals surface area contributed by atoms with Crippen LogP contribution >= 0.6 is 0 Å². The molecule has 1 saturated heterocycles. The Hall–Kier alpha value is -2.04.